The van der Waals surface area contributed by atoms with Crippen LogP contribution in [0.5, 0.6) is 0 Å². The molecule has 0 saturated carbocycles. The maximum Gasteiger partial charge on any atom is 0.157 e. The van der Waals surface area contributed by atoms with Crippen LogP contribution in [0.1, 0.15) is 21.5 Å². The van der Waals surface area contributed by atoms with Gasteiger partial charge in [0.25, 0.3) is 0 Å². The van der Waals surface area contributed by atoms with Gasteiger partial charge in [-0.1, -0.05) is 12.1 Å². The van der Waals surface area contributed by atoms with E-state index in [1.54, 1.807) is 12.1 Å². The molecule has 1 aliphatic rings. The topological polar surface area (TPSA) is 84.1 Å². The zero-order valence-corrected chi connectivity index (χ0v) is 14.5. The third-order valence-electron chi connectivity index (χ3n) is 4.63. The quantitative estimate of drug-likeness (QED) is 0.677. The zero-order valence-electron chi connectivity index (χ0n) is 14.5. The van der Waals surface area contributed by atoms with Crippen LogP contribution in [0.4, 0.5) is 27.4 Å². The van der Waals surface area contributed by atoms with Crippen molar-refractivity contribution in [2.45, 2.75) is 13.0 Å². The zero-order chi connectivity index (χ0) is 18.8. The van der Waals surface area contributed by atoms with Crippen molar-refractivity contribution >= 4 is 29.3 Å². The number of aldehydes is 1. The lowest BCUT2D eigenvalue weighted by molar-refractivity contribution is 0.112. The summed E-state index contributed by atoms with van der Waals surface area (Å²) < 4.78 is 13.4. The second kappa shape index (κ2) is 7.03. The lowest BCUT2D eigenvalue weighted by Gasteiger charge is -2.20. The normalized spacial score (nSPS) is 12.7. The fourth-order valence-corrected chi connectivity index (χ4v) is 3.33. The van der Waals surface area contributed by atoms with Crippen LogP contribution in [0.2, 0.25) is 0 Å². The molecule has 2 heterocycles. The number of aromatic nitrogens is 2. The van der Waals surface area contributed by atoms with Crippen molar-refractivity contribution in [3.05, 3.63) is 71.3 Å². The minimum Gasteiger partial charge on any atom is -0.383 e. The highest BCUT2D eigenvalue weighted by molar-refractivity contribution is 5.89. The average Bonchev–Trinajstić information content (AvgIpc) is 3.04. The third kappa shape index (κ3) is 3.44. The van der Waals surface area contributed by atoms with E-state index in [1.807, 2.05) is 24.3 Å². The summed E-state index contributed by atoms with van der Waals surface area (Å²) in [5, 5.41) is 3.14. The number of nitrogens with one attached hydrogen (secondary N) is 1. The van der Waals surface area contributed by atoms with Gasteiger partial charge in [-0.25, -0.2) is 14.4 Å². The number of nitrogens with zero attached hydrogens (tertiary/aromatic N) is 3. The van der Waals surface area contributed by atoms with Crippen LogP contribution < -0.4 is 16.0 Å². The molecule has 0 radical (unpaired) electrons. The predicted molar refractivity (Wildman–Crippen MR) is 103 cm³/mol. The van der Waals surface area contributed by atoms with Crippen LogP contribution in [0.25, 0.3) is 0 Å². The monoisotopic (exact) mass is 363 g/mol. The lowest BCUT2D eigenvalue weighted by atomic mass is 10.1. The average molecular weight is 363 g/mol. The Balaban J connectivity index is 1.55. The van der Waals surface area contributed by atoms with E-state index < -0.39 is 0 Å². The molecule has 7 heteroatoms. The van der Waals surface area contributed by atoms with Crippen molar-refractivity contribution in [1.29, 1.82) is 0 Å². The first-order valence-corrected chi connectivity index (χ1v) is 8.59. The van der Waals surface area contributed by atoms with Gasteiger partial charge in [-0.15, -0.1) is 0 Å². The van der Waals surface area contributed by atoms with Crippen LogP contribution >= 0.6 is 0 Å². The second-order valence-electron chi connectivity index (χ2n) is 6.41. The largest absolute Gasteiger partial charge is 0.383 e. The fourth-order valence-electron chi connectivity index (χ4n) is 3.33. The number of rotatable bonds is 5. The van der Waals surface area contributed by atoms with E-state index in [4.69, 9.17) is 5.73 Å². The van der Waals surface area contributed by atoms with E-state index in [0.717, 1.165) is 29.9 Å². The van der Waals surface area contributed by atoms with E-state index in [-0.39, 0.29) is 17.2 Å². The predicted octanol–water partition coefficient (Wildman–Crippen LogP) is 3.32. The number of carbonyl (C=O) groups excluding carboxylic acids is 1. The van der Waals surface area contributed by atoms with Gasteiger partial charge >= 0.3 is 0 Å². The van der Waals surface area contributed by atoms with Gasteiger partial charge < -0.3 is 16.0 Å². The van der Waals surface area contributed by atoms with Gasteiger partial charge in [0.15, 0.2) is 6.29 Å². The molecule has 6 nitrogen and oxygen atoms in total. The highest BCUT2D eigenvalue weighted by atomic mass is 19.1. The molecule has 0 spiro atoms. The smallest absolute Gasteiger partial charge is 0.157 e. The highest BCUT2D eigenvalue weighted by Crippen LogP contribution is 2.32. The van der Waals surface area contributed by atoms with Crippen LogP contribution in [-0.4, -0.2) is 22.8 Å². The van der Waals surface area contributed by atoms with Crippen LogP contribution in [0, 0.1) is 5.82 Å². The number of nitrogen functional groups attached to an aromatic ring is 1. The second-order valence-corrected chi connectivity index (χ2v) is 6.41. The molecule has 0 saturated heterocycles. The summed E-state index contributed by atoms with van der Waals surface area (Å²) >= 11 is 0. The van der Waals surface area contributed by atoms with E-state index in [1.165, 1.54) is 18.0 Å². The molecule has 1 aliphatic heterocycles. The summed E-state index contributed by atoms with van der Waals surface area (Å²) in [6, 6.07) is 12.7. The molecule has 0 bridgehead atoms. The maximum absolute atomic E-state index is 13.4. The van der Waals surface area contributed by atoms with E-state index in [9.17, 15) is 9.18 Å². The number of fused-ring (bicyclic) bond motifs is 1. The Morgan fingerprint density at radius 2 is 2.11 bits per heavy atom. The summed E-state index contributed by atoms with van der Waals surface area (Å²) in [7, 11) is 0. The Kier molecular flexibility index (Phi) is 4.42. The molecule has 0 fully saturated rings. The summed E-state index contributed by atoms with van der Waals surface area (Å²) in [6.07, 6.45) is 2.86. The summed E-state index contributed by atoms with van der Waals surface area (Å²) in [4.78, 5) is 21.4. The summed E-state index contributed by atoms with van der Waals surface area (Å²) in [5.41, 5.74) is 10.0. The molecule has 4 rings (SSSR count). The standard InChI is InChI=1S/C20H18FN5O/c21-15-3-1-2-13(8-15)10-26-7-6-14-9-16(4-5-18(14)26)25-20-17(11-27)19(22)23-12-24-20/h1-5,8-9,11-12H,6-7,10H2,(H3,22,23,24,25). The first kappa shape index (κ1) is 17.0. The van der Waals surface area contributed by atoms with Gasteiger partial charge in [-0.3, -0.25) is 4.79 Å². The summed E-state index contributed by atoms with van der Waals surface area (Å²) in [5.74, 6) is 0.304. The van der Waals surface area contributed by atoms with Gasteiger partial charge in [-0.2, -0.15) is 0 Å². The molecule has 0 aliphatic carbocycles. The molecule has 2 aromatic carbocycles. The molecule has 0 amide bonds. The van der Waals surface area contributed by atoms with E-state index >= 15 is 0 Å². The molecule has 3 N–H and O–H groups in total. The van der Waals surface area contributed by atoms with Crippen molar-refractivity contribution in [2.24, 2.45) is 0 Å². The number of halogens is 1. The Morgan fingerprint density at radius 1 is 1.22 bits per heavy atom. The number of hydrogen-bond donors (Lipinski definition) is 2. The Labute approximate surface area is 155 Å². The van der Waals surface area contributed by atoms with Crippen LogP contribution in [-0.2, 0) is 13.0 Å². The van der Waals surface area contributed by atoms with Gasteiger partial charge in [0, 0.05) is 24.5 Å². The first-order valence-electron chi connectivity index (χ1n) is 8.59. The highest BCUT2D eigenvalue weighted by Gasteiger charge is 2.20. The van der Waals surface area contributed by atoms with Crippen LogP contribution in [0.3, 0.4) is 0 Å². The first-order chi connectivity index (χ1) is 13.1. The number of benzene rings is 2. The Bertz CT molecular complexity index is 1010. The Morgan fingerprint density at radius 3 is 2.93 bits per heavy atom. The minimum absolute atomic E-state index is 0.143. The van der Waals surface area contributed by atoms with Crippen molar-refractivity contribution in [1.82, 2.24) is 9.97 Å². The van der Waals surface area contributed by atoms with E-state index in [2.05, 4.69) is 20.2 Å². The van der Waals surface area contributed by atoms with Crippen LogP contribution in [0.15, 0.2) is 48.8 Å². The number of hydrogen-bond acceptors (Lipinski definition) is 6. The Hall–Kier alpha value is -3.48. The maximum atomic E-state index is 13.4. The summed E-state index contributed by atoms with van der Waals surface area (Å²) in [6.45, 7) is 1.53. The van der Waals surface area contributed by atoms with Crippen molar-refractivity contribution in [3.8, 4) is 0 Å². The van der Waals surface area contributed by atoms with Crippen molar-refractivity contribution < 1.29 is 9.18 Å². The van der Waals surface area contributed by atoms with Gasteiger partial charge in [0.05, 0.1) is 5.56 Å². The minimum atomic E-state index is -0.221. The molecule has 136 valence electrons. The molecule has 27 heavy (non-hydrogen) atoms. The molecular formula is C20H18FN5O. The lowest BCUT2D eigenvalue weighted by Crippen LogP contribution is -2.19. The molecule has 0 unspecified atom stereocenters. The molecule has 0 atom stereocenters. The molecule has 1 aromatic heterocycles. The number of carbonyl (C=O) groups is 1. The number of nitrogens with two attached hydrogens (primary N) is 1. The van der Waals surface area contributed by atoms with E-state index in [0.29, 0.717) is 18.6 Å². The van der Waals surface area contributed by atoms with Gasteiger partial charge in [-0.05, 0) is 47.9 Å². The molecular weight excluding hydrogens is 345 g/mol. The SMILES string of the molecule is Nc1ncnc(Nc2ccc3c(c2)CCN3Cc2cccc(F)c2)c1C=O. The van der Waals surface area contributed by atoms with Gasteiger partial charge in [0.1, 0.15) is 23.8 Å². The van der Waals surface area contributed by atoms with Gasteiger partial charge in [0.2, 0.25) is 0 Å². The molecule has 3 aromatic rings. The third-order valence-corrected chi connectivity index (χ3v) is 4.63. The number of anilines is 4. The van der Waals surface area contributed by atoms with Crippen molar-refractivity contribution in [3.63, 3.8) is 0 Å². The van der Waals surface area contributed by atoms with Crippen molar-refractivity contribution in [2.75, 3.05) is 22.5 Å². The fraction of sp³-hybridized carbons (Fsp3) is 0.150.